The minimum absolute atomic E-state index is 0.0273. The van der Waals surface area contributed by atoms with Gasteiger partial charge in [-0.05, 0) is 25.1 Å². The van der Waals surface area contributed by atoms with E-state index in [4.69, 9.17) is 0 Å². The third-order valence-corrected chi connectivity index (χ3v) is 2.19. The van der Waals surface area contributed by atoms with Gasteiger partial charge < -0.3 is 0 Å². The highest BCUT2D eigenvalue weighted by atomic mass is 16.1. The van der Waals surface area contributed by atoms with Crippen LogP contribution in [-0.4, -0.2) is 15.6 Å². The number of carbonyl (C=O) groups excluding carboxylic acids is 1. The van der Waals surface area contributed by atoms with Crippen LogP contribution in [0.1, 0.15) is 23.1 Å². The summed E-state index contributed by atoms with van der Waals surface area (Å²) in [6, 6.07) is 11.5. The molecule has 1 heterocycles. The molecule has 1 aromatic carbocycles. The molecular weight excluding hydrogens is 188 g/mol. The first kappa shape index (κ1) is 9.65. The van der Waals surface area contributed by atoms with Crippen molar-refractivity contribution in [3.63, 3.8) is 0 Å². The van der Waals surface area contributed by atoms with Gasteiger partial charge in [-0.3, -0.25) is 4.79 Å². The van der Waals surface area contributed by atoms with Gasteiger partial charge >= 0.3 is 0 Å². The fraction of sp³-hybridized carbons (Fsp3) is 0.167. The molecule has 0 radical (unpaired) electrons. The smallest absolute Gasteiger partial charge is 0.178 e. The maximum Gasteiger partial charge on any atom is 0.178 e. The fourth-order valence-corrected chi connectivity index (χ4v) is 1.52. The number of aromatic nitrogens is 2. The van der Waals surface area contributed by atoms with E-state index >= 15 is 0 Å². The molecule has 0 saturated carbocycles. The van der Waals surface area contributed by atoms with E-state index in [1.54, 1.807) is 17.7 Å². The topological polar surface area (TPSA) is 34.9 Å². The van der Waals surface area contributed by atoms with Crippen LogP contribution in [0, 0.1) is 6.92 Å². The molecule has 0 bridgehead atoms. The lowest BCUT2D eigenvalue weighted by Crippen LogP contribution is -2.05. The molecule has 0 N–H and O–H groups in total. The van der Waals surface area contributed by atoms with E-state index in [0.29, 0.717) is 5.69 Å². The van der Waals surface area contributed by atoms with Gasteiger partial charge in [0.15, 0.2) is 5.78 Å². The summed E-state index contributed by atoms with van der Waals surface area (Å²) in [5.41, 5.74) is 2.39. The molecule has 0 unspecified atom stereocenters. The lowest BCUT2D eigenvalue weighted by molar-refractivity contribution is 0.101. The Bertz CT molecular complexity index is 486. The average Bonchev–Trinajstić information content (AvgIpc) is 2.62. The van der Waals surface area contributed by atoms with Crippen LogP contribution in [0.5, 0.6) is 0 Å². The molecule has 0 atom stereocenters. The second kappa shape index (κ2) is 3.69. The first-order valence-corrected chi connectivity index (χ1v) is 4.81. The van der Waals surface area contributed by atoms with Gasteiger partial charge in [0.05, 0.1) is 11.4 Å². The molecule has 0 aliphatic heterocycles. The number of nitrogens with zero attached hydrogens (tertiary/aromatic N) is 2. The summed E-state index contributed by atoms with van der Waals surface area (Å²) >= 11 is 0. The lowest BCUT2D eigenvalue weighted by Gasteiger charge is -2.03. The van der Waals surface area contributed by atoms with Crippen molar-refractivity contribution in [2.75, 3.05) is 0 Å². The quantitative estimate of drug-likeness (QED) is 0.697. The number of Topliss-reactive ketones (excluding diaryl/α,β-unsaturated/α-hetero) is 1. The van der Waals surface area contributed by atoms with Gasteiger partial charge in [-0.25, -0.2) is 4.68 Å². The maximum absolute atomic E-state index is 11.4. The molecule has 2 rings (SSSR count). The third kappa shape index (κ3) is 1.81. The Morgan fingerprint density at radius 2 is 1.93 bits per heavy atom. The molecule has 0 aliphatic carbocycles. The Morgan fingerprint density at radius 1 is 1.27 bits per heavy atom. The zero-order chi connectivity index (χ0) is 10.8. The summed E-state index contributed by atoms with van der Waals surface area (Å²) in [7, 11) is 0. The number of ketones is 1. The van der Waals surface area contributed by atoms with E-state index in [9.17, 15) is 4.79 Å². The first-order chi connectivity index (χ1) is 7.18. The van der Waals surface area contributed by atoms with Crippen LogP contribution in [0.4, 0.5) is 0 Å². The standard InChI is InChI=1S/C12H12N2O/c1-9-8-12(10(2)15)14(13-9)11-6-4-3-5-7-11/h3-8H,1-2H3. The van der Waals surface area contributed by atoms with E-state index in [-0.39, 0.29) is 5.78 Å². The molecule has 0 aliphatic rings. The summed E-state index contributed by atoms with van der Waals surface area (Å²) in [5.74, 6) is 0.0273. The van der Waals surface area contributed by atoms with Crippen LogP contribution >= 0.6 is 0 Å². The van der Waals surface area contributed by atoms with Crippen LogP contribution < -0.4 is 0 Å². The zero-order valence-corrected chi connectivity index (χ0v) is 8.77. The first-order valence-electron chi connectivity index (χ1n) is 4.81. The number of hydrogen-bond donors (Lipinski definition) is 0. The highest BCUT2D eigenvalue weighted by Gasteiger charge is 2.10. The second-order valence-corrected chi connectivity index (χ2v) is 3.47. The summed E-state index contributed by atoms with van der Waals surface area (Å²) in [4.78, 5) is 11.4. The number of rotatable bonds is 2. The minimum atomic E-state index is 0.0273. The van der Waals surface area contributed by atoms with E-state index in [1.165, 1.54) is 0 Å². The Balaban J connectivity index is 2.58. The van der Waals surface area contributed by atoms with Crippen molar-refractivity contribution in [2.45, 2.75) is 13.8 Å². The van der Waals surface area contributed by atoms with Gasteiger partial charge in [0.2, 0.25) is 0 Å². The predicted molar refractivity (Wildman–Crippen MR) is 58.3 cm³/mol. The predicted octanol–water partition coefficient (Wildman–Crippen LogP) is 2.38. The summed E-state index contributed by atoms with van der Waals surface area (Å²) in [5, 5.41) is 4.30. The minimum Gasteiger partial charge on any atom is -0.293 e. The summed E-state index contributed by atoms with van der Waals surface area (Å²) in [6.07, 6.45) is 0. The van der Waals surface area contributed by atoms with E-state index in [0.717, 1.165) is 11.4 Å². The number of benzene rings is 1. The maximum atomic E-state index is 11.4. The number of aryl methyl sites for hydroxylation is 1. The fourth-order valence-electron chi connectivity index (χ4n) is 1.52. The van der Waals surface area contributed by atoms with E-state index < -0.39 is 0 Å². The molecule has 0 spiro atoms. The normalized spacial score (nSPS) is 10.3. The van der Waals surface area contributed by atoms with Crippen molar-refractivity contribution in [3.05, 3.63) is 47.8 Å². The zero-order valence-electron chi connectivity index (χ0n) is 8.77. The van der Waals surface area contributed by atoms with Gasteiger partial charge in [-0.2, -0.15) is 5.10 Å². The van der Waals surface area contributed by atoms with E-state index in [2.05, 4.69) is 5.10 Å². The van der Waals surface area contributed by atoms with Crippen LogP contribution in [0.25, 0.3) is 5.69 Å². The van der Waals surface area contributed by atoms with Crippen molar-refractivity contribution < 1.29 is 4.79 Å². The highest BCUT2D eigenvalue weighted by Crippen LogP contribution is 2.12. The average molecular weight is 200 g/mol. The van der Waals surface area contributed by atoms with Crippen LogP contribution in [0.3, 0.4) is 0 Å². The van der Waals surface area contributed by atoms with Gasteiger partial charge in [0.1, 0.15) is 5.69 Å². The molecule has 3 heteroatoms. The number of hydrogen-bond acceptors (Lipinski definition) is 2. The lowest BCUT2D eigenvalue weighted by atomic mass is 10.2. The molecule has 0 amide bonds. The van der Waals surface area contributed by atoms with Crippen molar-refractivity contribution in [1.82, 2.24) is 9.78 Å². The Labute approximate surface area is 88.4 Å². The molecule has 15 heavy (non-hydrogen) atoms. The van der Waals surface area contributed by atoms with Crippen molar-refractivity contribution in [3.8, 4) is 5.69 Å². The van der Waals surface area contributed by atoms with Gasteiger partial charge in [0, 0.05) is 6.92 Å². The Morgan fingerprint density at radius 3 is 2.53 bits per heavy atom. The third-order valence-electron chi connectivity index (χ3n) is 2.19. The molecule has 0 saturated heterocycles. The Hall–Kier alpha value is -1.90. The van der Waals surface area contributed by atoms with Gasteiger partial charge in [-0.1, -0.05) is 18.2 Å². The summed E-state index contributed by atoms with van der Waals surface area (Å²) < 4.78 is 1.68. The van der Waals surface area contributed by atoms with Crippen molar-refractivity contribution in [1.29, 1.82) is 0 Å². The largest absolute Gasteiger partial charge is 0.293 e. The SMILES string of the molecule is CC(=O)c1cc(C)nn1-c1ccccc1. The molecule has 3 nitrogen and oxygen atoms in total. The second-order valence-electron chi connectivity index (χ2n) is 3.47. The highest BCUT2D eigenvalue weighted by molar-refractivity contribution is 5.93. The molecular formula is C12H12N2O. The monoisotopic (exact) mass is 200 g/mol. The van der Waals surface area contributed by atoms with Gasteiger partial charge in [0.25, 0.3) is 0 Å². The van der Waals surface area contributed by atoms with Crippen LogP contribution in [0.15, 0.2) is 36.4 Å². The van der Waals surface area contributed by atoms with Crippen LogP contribution in [-0.2, 0) is 0 Å². The molecule has 76 valence electrons. The van der Waals surface area contributed by atoms with Crippen LogP contribution in [0.2, 0.25) is 0 Å². The number of para-hydroxylation sites is 1. The molecule has 1 aromatic heterocycles. The summed E-state index contributed by atoms with van der Waals surface area (Å²) in [6.45, 7) is 3.43. The van der Waals surface area contributed by atoms with Crippen molar-refractivity contribution >= 4 is 5.78 Å². The van der Waals surface area contributed by atoms with E-state index in [1.807, 2.05) is 37.3 Å². The molecule has 0 fully saturated rings. The Kier molecular flexibility index (Phi) is 2.37. The van der Waals surface area contributed by atoms with Crippen molar-refractivity contribution in [2.24, 2.45) is 0 Å². The number of carbonyl (C=O) groups is 1. The molecule has 2 aromatic rings. The van der Waals surface area contributed by atoms with Gasteiger partial charge in [-0.15, -0.1) is 0 Å².